The van der Waals surface area contributed by atoms with E-state index < -0.39 is 11.9 Å². The SMILES string of the molecule is COc1c(C)c2c(c(OCCN3CCOCC3)c1C/C=C(\C)CC(CCN1CCOCC1)C(=O)O)C(=O)OC2. The number of carboxylic acids is 1. The Morgan fingerprint density at radius 3 is 2.31 bits per heavy atom. The Labute approximate surface area is 230 Å². The number of carboxylic acid groups (broad SMARTS) is 1. The van der Waals surface area contributed by atoms with Gasteiger partial charge in [0.15, 0.2) is 0 Å². The van der Waals surface area contributed by atoms with Crippen LogP contribution in [-0.2, 0) is 32.0 Å². The number of nitrogens with zero attached hydrogens (tertiary/aromatic N) is 2. The Kier molecular flexibility index (Phi) is 10.6. The first-order chi connectivity index (χ1) is 18.9. The van der Waals surface area contributed by atoms with E-state index in [4.69, 9.17) is 23.7 Å². The van der Waals surface area contributed by atoms with Crippen molar-refractivity contribution in [3.05, 3.63) is 33.9 Å². The van der Waals surface area contributed by atoms with Gasteiger partial charge in [0.1, 0.15) is 30.3 Å². The number of hydrogen-bond acceptors (Lipinski definition) is 9. The zero-order valence-electron chi connectivity index (χ0n) is 23.5. The molecule has 39 heavy (non-hydrogen) atoms. The molecule has 3 heterocycles. The van der Waals surface area contributed by atoms with Gasteiger partial charge in [-0.25, -0.2) is 4.79 Å². The van der Waals surface area contributed by atoms with Gasteiger partial charge in [0.2, 0.25) is 0 Å². The molecule has 10 heteroatoms. The van der Waals surface area contributed by atoms with Crippen molar-refractivity contribution in [2.24, 2.45) is 5.92 Å². The molecule has 1 aromatic carbocycles. The number of carbonyl (C=O) groups is 2. The molecule has 0 aromatic heterocycles. The van der Waals surface area contributed by atoms with Gasteiger partial charge in [-0.1, -0.05) is 11.6 Å². The minimum Gasteiger partial charge on any atom is -0.496 e. The van der Waals surface area contributed by atoms with Gasteiger partial charge in [-0.2, -0.15) is 0 Å². The molecular formula is C29H42N2O8. The molecule has 10 nitrogen and oxygen atoms in total. The minimum absolute atomic E-state index is 0.203. The molecular weight excluding hydrogens is 504 g/mol. The summed E-state index contributed by atoms with van der Waals surface area (Å²) in [5.41, 5.74) is 3.91. The van der Waals surface area contributed by atoms with E-state index in [-0.39, 0.29) is 12.6 Å². The van der Waals surface area contributed by atoms with Gasteiger partial charge in [-0.05, 0) is 45.2 Å². The summed E-state index contributed by atoms with van der Waals surface area (Å²) in [4.78, 5) is 29.3. The molecule has 216 valence electrons. The molecule has 4 rings (SSSR count). The predicted octanol–water partition coefficient (Wildman–Crippen LogP) is 2.69. The van der Waals surface area contributed by atoms with E-state index in [1.54, 1.807) is 7.11 Å². The molecule has 2 saturated heterocycles. The van der Waals surface area contributed by atoms with Crippen LogP contribution >= 0.6 is 0 Å². The number of methoxy groups -OCH3 is 1. The van der Waals surface area contributed by atoms with E-state index in [9.17, 15) is 14.7 Å². The van der Waals surface area contributed by atoms with Crippen LogP contribution in [0.25, 0.3) is 0 Å². The number of rotatable bonds is 13. The minimum atomic E-state index is -0.781. The lowest BCUT2D eigenvalue weighted by atomic mass is 9.93. The van der Waals surface area contributed by atoms with Crippen molar-refractivity contribution >= 4 is 11.9 Å². The number of carbonyl (C=O) groups excluding carboxylic acids is 1. The van der Waals surface area contributed by atoms with Crippen LogP contribution < -0.4 is 9.47 Å². The van der Waals surface area contributed by atoms with Gasteiger partial charge < -0.3 is 28.8 Å². The average Bonchev–Trinajstić information content (AvgIpc) is 3.33. The molecule has 1 atom stereocenters. The topological polar surface area (TPSA) is 107 Å². The van der Waals surface area contributed by atoms with Crippen molar-refractivity contribution in [2.45, 2.75) is 39.7 Å². The van der Waals surface area contributed by atoms with Gasteiger partial charge in [-0.15, -0.1) is 0 Å². The largest absolute Gasteiger partial charge is 0.496 e. The molecule has 1 unspecified atom stereocenters. The Hall–Kier alpha value is -2.66. The number of allylic oxidation sites excluding steroid dienone is 2. The molecule has 0 amide bonds. The smallest absolute Gasteiger partial charge is 0.342 e. The highest BCUT2D eigenvalue weighted by Gasteiger charge is 2.33. The Balaban J connectivity index is 1.50. The standard InChI is InChI=1S/C29H42N2O8/c1-20(18-22(28(32)33)6-7-30-8-13-36-14-9-30)4-5-23-26(35-3)21(2)24-19-39-29(34)25(24)27(23)38-17-12-31-10-15-37-16-11-31/h4,22H,5-19H2,1-3H3,(H,32,33)/b20-4+. The molecule has 1 N–H and O–H groups in total. The third-order valence-corrected chi connectivity index (χ3v) is 7.85. The van der Waals surface area contributed by atoms with Crippen molar-refractivity contribution in [1.82, 2.24) is 9.80 Å². The molecule has 0 bridgehead atoms. The van der Waals surface area contributed by atoms with Crippen LogP contribution in [0, 0.1) is 12.8 Å². The lowest BCUT2D eigenvalue weighted by Gasteiger charge is -2.27. The van der Waals surface area contributed by atoms with Crippen molar-refractivity contribution in [1.29, 1.82) is 0 Å². The van der Waals surface area contributed by atoms with Crippen molar-refractivity contribution < 1.29 is 38.4 Å². The highest BCUT2D eigenvalue weighted by Crippen LogP contribution is 2.43. The summed E-state index contributed by atoms with van der Waals surface area (Å²) in [5.74, 6) is -0.439. The zero-order valence-corrected chi connectivity index (χ0v) is 23.5. The number of ether oxygens (including phenoxy) is 5. The molecule has 0 spiro atoms. The maximum atomic E-state index is 12.8. The highest BCUT2D eigenvalue weighted by molar-refractivity contribution is 5.98. The summed E-state index contributed by atoms with van der Waals surface area (Å²) in [6, 6.07) is 0. The van der Waals surface area contributed by atoms with Crippen LogP contribution in [0.1, 0.15) is 46.8 Å². The Morgan fingerprint density at radius 1 is 1.05 bits per heavy atom. The number of benzene rings is 1. The summed E-state index contributed by atoms with van der Waals surface area (Å²) in [6.07, 6.45) is 3.54. The fourth-order valence-electron chi connectivity index (χ4n) is 5.49. The first-order valence-corrected chi connectivity index (χ1v) is 13.9. The average molecular weight is 547 g/mol. The van der Waals surface area contributed by atoms with Gasteiger partial charge in [0.25, 0.3) is 0 Å². The third-order valence-electron chi connectivity index (χ3n) is 7.85. The van der Waals surface area contributed by atoms with E-state index in [1.165, 1.54) is 0 Å². The van der Waals surface area contributed by atoms with Crippen LogP contribution in [0.4, 0.5) is 0 Å². The normalized spacial score (nSPS) is 19.5. The van der Waals surface area contributed by atoms with Crippen LogP contribution in [-0.4, -0.2) is 106 Å². The molecule has 3 aliphatic heterocycles. The fraction of sp³-hybridized carbons (Fsp3) is 0.655. The molecule has 0 saturated carbocycles. The summed E-state index contributed by atoms with van der Waals surface area (Å²) >= 11 is 0. The maximum Gasteiger partial charge on any atom is 0.342 e. The Bertz CT molecular complexity index is 1040. The first-order valence-electron chi connectivity index (χ1n) is 13.9. The van der Waals surface area contributed by atoms with Crippen molar-refractivity contribution in [3.8, 4) is 11.5 Å². The summed E-state index contributed by atoms with van der Waals surface area (Å²) in [6.45, 7) is 12.2. The zero-order chi connectivity index (χ0) is 27.8. The summed E-state index contributed by atoms with van der Waals surface area (Å²) < 4.78 is 28.3. The molecule has 0 aliphatic carbocycles. The monoisotopic (exact) mass is 546 g/mol. The van der Waals surface area contributed by atoms with Gasteiger partial charge in [0, 0.05) is 43.9 Å². The number of cyclic esters (lactones) is 1. The van der Waals surface area contributed by atoms with Gasteiger partial charge in [0.05, 0.1) is 39.5 Å². The second kappa shape index (κ2) is 14.1. The van der Waals surface area contributed by atoms with Crippen molar-refractivity contribution in [2.75, 3.05) is 79.4 Å². The maximum absolute atomic E-state index is 12.8. The predicted molar refractivity (Wildman–Crippen MR) is 145 cm³/mol. The van der Waals surface area contributed by atoms with Crippen molar-refractivity contribution in [3.63, 3.8) is 0 Å². The number of fused-ring (bicyclic) bond motifs is 1. The Morgan fingerprint density at radius 2 is 1.69 bits per heavy atom. The fourth-order valence-corrected chi connectivity index (χ4v) is 5.49. The summed E-state index contributed by atoms with van der Waals surface area (Å²) in [7, 11) is 1.62. The quantitative estimate of drug-likeness (QED) is 0.293. The molecule has 2 fully saturated rings. The number of morpholine rings is 2. The number of esters is 1. The third kappa shape index (κ3) is 7.51. The van der Waals surface area contributed by atoms with Gasteiger partial charge >= 0.3 is 11.9 Å². The summed E-state index contributed by atoms with van der Waals surface area (Å²) in [5, 5.41) is 9.87. The van der Waals surface area contributed by atoms with E-state index >= 15 is 0 Å². The number of hydrogen-bond donors (Lipinski definition) is 1. The van der Waals surface area contributed by atoms with Crippen LogP contribution in [0.15, 0.2) is 11.6 Å². The number of aliphatic carboxylic acids is 1. The highest BCUT2D eigenvalue weighted by atomic mass is 16.5. The van der Waals surface area contributed by atoms with Crippen LogP contribution in [0.3, 0.4) is 0 Å². The van der Waals surface area contributed by atoms with Gasteiger partial charge in [-0.3, -0.25) is 14.6 Å². The molecule has 1 aromatic rings. The molecule has 3 aliphatic rings. The lowest BCUT2D eigenvalue weighted by Crippen LogP contribution is -2.38. The lowest BCUT2D eigenvalue weighted by molar-refractivity contribution is -0.142. The van der Waals surface area contributed by atoms with Crippen LogP contribution in [0.2, 0.25) is 0 Å². The second-order valence-electron chi connectivity index (χ2n) is 10.4. The van der Waals surface area contributed by atoms with Crippen LogP contribution in [0.5, 0.6) is 11.5 Å². The van der Waals surface area contributed by atoms with E-state index in [2.05, 4.69) is 9.80 Å². The van der Waals surface area contributed by atoms with E-state index in [0.29, 0.717) is 69.4 Å². The molecule has 0 radical (unpaired) electrons. The van der Waals surface area contributed by atoms with E-state index in [0.717, 1.165) is 61.5 Å². The first kappa shape index (κ1) is 29.3. The second-order valence-corrected chi connectivity index (χ2v) is 10.4. The van der Waals surface area contributed by atoms with E-state index in [1.807, 2.05) is 19.9 Å².